The molecule has 15 heavy (non-hydrogen) atoms. The van der Waals surface area contributed by atoms with Gasteiger partial charge in [-0.1, -0.05) is 20.3 Å². The molecule has 2 nitrogen and oxygen atoms in total. The fourth-order valence-electron chi connectivity index (χ4n) is 1.72. The molecule has 0 bridgehead atoms. The van der Waals surface area contributed by atoms with E-state index in [2.05, 4.69) is 26.5 Å². The molecule has 0 heterocycles. The Bertz CT molecular complexity index is 226. The molecule has 1 saturated carbocycles. The van der Waals surface area contributed by atoms with Gasteiger partial charge in [-0.05, 0) is 29.9 Å². The summed E-state index contributed by atoms with van der Waals surface area (Å²) in [5.41, 5.74) is 0.254. The molecule has 1 rings (SSSR count). The van der Waals surface area contributed by atoms with Crippen molar-refractivity contribution in [2.75, 3.05) is 19.3 Å². The highest BCUT2D eigenvalue weighted by atomic mass is 32.1. The minimum atomic E-state index is 0.254. The quantitative estimate of drug-likeness (QED) is 0.694. The maximum atomic E-state index is 11.9. The van der Waals surface area contributed by atoms with Crippen molar-refractivity contribution in [3.63, 3.8) is 0 Å². The first-order chi connectivity index (χ1) is 7.03. The van der Waals surface area contributed by atoms with Gasteiger partial charge in [-0.15, -0.1) is 0 Å². The van der Waals surface area contributed by atoms with E-state index in [4.69, 9.17) is 0 Å². The van der Waals surface area contributed by atoms with Gasteiger partial charge in [-0.2, -0.15) is 12.6 Å². The maximum Gasteiger partial charge on any atom is 0.222 e. The molecule has 1 fully saturated rings. The standard InChI is InChI=1S/C12H23NOS/c1-4-10(2)8-13(3)11(14)7-12(9-15)5-6-12/h10,15H,4-9H2,1-3H3. The lowest BCUT2D eigenvalue weighted by atomic mass is 10.0. The first-order valence-electron chi connectivity index (χ1n) is 5.88. The predicted molar refractivity (Wildman–Crippen MR) is 67.2 cm³/mol. The molecule has 0 radical (unpaired) electrons. The summed E-state index contributed by atoms with van der Waals surface area (Å²) in [5, 5.41) is 0. The number of thiol groups is 1. The van der Waals surface area contributed by atoms with Gasteiger partial charge in [0.1, 0.15) is 0 Å². The summed E-state index contributed by atoms with van der Waals surface area (Å²) < 4.78 is 0. The first kappa shape index (κ1) is 12.9. The largest absolute Gasteiger partial charge is 0.345 e. The molecule has 0 aliphatic heterocycles. The van der Waals surface area contributed by atoms with E-state index in [1.165, 1.54) is 12.8 Å². The molecule has 0 aromatic heterocycles. The van der Waals surface area contributed by atoms with Crippen LogP contribution in [0.3, 0.4) is 0 Å². The Morgan fingerprint density at radius 1 is 1.53 bits per heavy atom. The second-order valence-corrected chi connectivity index (χ2v) is 5.44. The molecule has 1 amide bonds. The van der Waals surface area contributed by atoms with E-state index in [1.54, 1.807) is 0 Å². The predicted octanol–water partition coefficient (Wildman–Crippen LogP) is 2.59. The highest BCUT2D eigenvalue weighted by molar-refractivity contribution is 7.80. The van der Waals surface area contributed by atoms with Crippen LogP contribution < -0.4 is 0 Å². The second kappa shape index (κ2) is 5.24. The minimum absolute atomic E-state index is 0.254. The number of hydrogen-bond acceptors (Lipinski definition) is 2. The van der Waals surface area contributed by atoms with Crippen molar-refractivity contribution >= 4 is 18.5 Å². The summed E-state index contributed by atoms with van der Waals surface area (Å²) in [7, 11) is 1.92. The lowest BCUT2D eigenvalue weighted by Crippen LogP contribution is -2.32. The highest BCUT2D eigenvalue weighted by Crippen LogP contribution is 2.49. The molecule has 1 aliphatic carbocycles. The van der Waals surface area contributed by atoms with Gasteiger partial charge in [0, 0.05) is 20.0 Å². The van der Waals surface area contributed by atoms with Crippen LogP contribution in [0.15, 0.2) is 0 Å². The molecule has 0 N–H and O–H groups in total. The maximum absolute atomic E-state index is 11.9. The highest BCUT2D eigenvalue weighted by Gasteiger charge is 2.43. The summed E-state index contributed by atoms with van der Waals surface area (Å²) in [4.78, 5) is 13.8. The third-order valence-electron chi connectivity index (χ3n) is 3.53. The number of amides is 1. The summed E-state index contributed by atoms with van der Waals surface area (Å²) in [6, 6.07) is 0. The van der Waals surface area contributed by atoms with Crippen molar-refractivity contribution < 1.29 is 4.79 Å². The van der Waals surface area contributed by atoms with Gasteiger partial charge in [0.2, 0.25) is 5.91 Å². The van der Waals surface area contributed by atoms with Crippen molar-refractivity contribution in [2.45, 2.75) is 39.5 Å². The van der Waals surface area contributed by atoms with Gasteiger partial charge in [0.25, 0.3) is 0 Å². The zero-order chi connectivity index (χ0) is 11.5. The Kier molecular flexibility index (Phi) is 4.50. The minimum Gasteiger partial charge on any atom is -0.345 e. The van der Waals surface area contributed by atoms with Gasteiger partial charge in [0.15, 0.2) is 0 Å². The Hall–Kier alpha value is -0.180. The Labute approximate surface area is 98.8 Å². The number of hydrogen-bond donors (Lipinski definition) is 1. The van der Waals surface area contributed by atoms with Crippen LogP contribution in [0, 0.1) is 11.3 Å². The molecule has 0 aromatic carbocycles. The summed E-state index contributed by atoms with van der Waals surface area (Å²) in [5.74, 6) is 1.75. The van der Waals surface area contributed by atoms with Crippen molar-refractivity contribution in [3.8, 4) is 0 Å². The van der Waals surface area contributed by atoms with E-state index in [-0.39, 0.29) is 5.41 Å². The molecule has 88 valence electrons. The zero-order valence-corrected chi connectivity index (χ0v) is 11.0. The Morgan fingerprint density at radius 3 is 2.53 bits per heavy atom. The summed E-state index contributed by atoms with van der Waals surface area (Å²) >= 11 is 4.32. The van der Waals surface area contributed by atoms with Crippen LogP contribution in [0.1, 0.15) is 39.5 Å². The number of carbonyl (C=O) groups is 1. The SMILES string of the molecule is CCC(C)CN(C)C(=O)CC1(CS)CC1. The van der Waals surface area contributed by atoms with Crippen LogP contribution in [-0.2, 0) is 4.79 Å². The van der Waals surface area contributed by atoms with Crippen LogP contribution in [0.4, 0.5) is 0 Å². The molecule has 1 aliphatic rings. The fourth-order valence-corrected chi connectivity index (χ4v) is 2.15. The lowest BCUT2D eigenvalue weighted by Gasteiger charge is -2.23. The van der Waals surface area contributed by atoms with Gasteiger partial charge < -0.3 is 4.90 Å². The molecule has 0 saturated heterocycles. The number of carbonyl (C=O) groups excluding carboxylic acids is 1. The summed E-state index contributed by atoms with van der Waals surface area (Å²) in [6.45, 7) is 5.24. The molecule has 3 heteroatoms. The van der Waals surface area contributed by atoms with Gasteiger partial charge >= 0.3 is 0 Å². The van der Waals surface area contributed by atoms with Crippen molar-refractivity contribution in [1.29, 1.82) is 0 Å². The van der Waals surface area contributed by atoms with E-state index in [9.17, 15) is 4.79 Å². The van der Waals surface area contributed by atoms with Crippen LogP contribution in [0.2, 0.25) is 0 Å². The molecule has 1 unspecified atom stereocenters. The van der Waals surface area contributed by atoms with E-state index in [0.717, 1.165) is 18.7 Å². The second-order valence-electron chi connectivity index (χ2n) is 5.12. The average molecular weight is 229 g/mol. The lowest BCUT2D eigenvalue weighted by molar-refractivity contribution is -0.131. The average Bonchev–Trinajstić information content (AvgIpc) is 2.98. The Morgan fingerprint density at radius 2 is 2.13 bits per heavy atom. The molecular formula is C12H23NOS. The van der Waals surface area contributed by atoms with Crippen LogP contribution in [0.5, 0.6) is 0 Å². The monoisotopic (exact) mass is 229 g/mol. The normalized spacial score (nSPS) is 19.7. The number of rotatable bonds is 6. The van der Waals surface area contributed by atoms with Crippen molar-refractivity contribution in [2.24, 2.45) is 11.3 Å². The molecular weight excluding hydrogens is 206 g/mol. The third-order valence-corrected chi connectivity index (χ3v) is 4.20. The van der Waals surface area contributed by atoms with Crippen LogP contribution in [0.25, 0.3) is 0 Å². The summed E-state index contributed by atoms with van der Waals surface area (Å²) in [6.07, 6.45) is 4.19. The zero-order valence-electron chi connectivity index (χ0n) is 10.1. The van der Waals surface area contributed by atoms with Crippen molar-refractivity contribution in [1.82, 2.24) is 4.90 Å². The van der Waals surface area contributed by atoms with E-state index >= 15 is 0 Å². The molecule has 0 spiro atoms. The van der Waals surface area contributed by atoms with Gasteiger partial charge in [-0.3, -0.25) is 4.79 Å². The number of nitrogens with zero attached hydrogens (tertiary/aromatic N) is 1. The topological polar surface area (TPSA) is 20.3 Å². The third kappa shape index (κ3) is 3.71. The van der Waals surface area contributed by atoms with E-state index in [0.29, 0.717) is 18.2 Å². The van der Waals surface area contributed by atoms with E-state index < -0.39 is 0 Å². The van der Waals surface area contributed by atoms with Crippen LogP contribution in [-0.4, -0.2) is 30.2 Å². The van der Waals surface area contributed by atoms with Gasteiger partial charge in [-0.25, -0.2) is 0 Å². The van der Waals surface area contributed by atoms with Crippen LogP contribution >= 0.6 is 12.6 Å². The van der Waals surface area contributed by atoms with Crippen molar-refractivity contribution in [3.05, 3.63) is 0 Å². The Balaban J connectivity index is 2.33. The first-order valence-corrected chi connectivity index (χ1v) is 6.51. The fraction of sp³-hybridized carbons (Fsp3) is 0.917. The molecule has 1 atom stereocenters. The van der Waals surface area contributed by atoms with Gasteiger partial charge in [0.05, 0.1) is 0 Å². The molecule has 0 aromatic rings. The smallest absolute Gasteiger partial charge is 0.222 e. The van der Waals surface area contributed by atoms with E-state index in [1.807, 2.05) is 11.9 Å².